The minimum atomic E-state index is -0.235. The Morgan fingerprint density at radius 2 is 2.14 bits per heavy atom. The molecule has 0 saturated heterocycles. The SMILES string of the molecule is CCNc1cc(C(=O)Nc2cn(C)nc2CC)cc(Cl)n1. The van der Waals surface area contributed by atoms with Crippen molar-refractivity contribution in [1.29, 1.82) is 0 Å². The van der Waals surface area contributed by atoms with Crippen molar-refractivity contribution < 1.29 is 4.79 Å². The maximum absolute atomic E-state index is 12.3. The monoisotopic (exact) mass is 307 g/mol. The van der Waals surface area contributed by atoms with Crippen LogP contribution in [0, 0.1) is 0 Å². The molecule has 0 saturated carbocycles. The first kappa shape index (κ1) is 15.3. The lowest BCUT2D eigenvalue weighted by Gasteiger charge is -2.08. The first-order chi connectivity index (χ1) is 10.0. The van der Waals surface area contributed by atoms with Crippen LogP contribution >= 0.6 is 11.6 Å². The van der Waals surface area contributed by atoms with Gasteiger partial charge in [0.1, 0.15) is 11.0 Å². The van der Waals surface area contributed by atoms with Crippen LogP contribution in [0.15, 0.2) is 18.3 Å². The normalized spacial score (nSPS) is 10.5. The molecule has 0 atom stereocenters. The van der Waals surface area contributed by atoms with Crippen molar-refractivity contribution in [3.8, 4) is 0 Å². The van der Waals surface area contributed by atoms with Crippen molar-refractivity contribution in [1.82, 2.24) is 14.8 Å². The minimum Gasteiger partial charge on any atom is -0.370 e. The fraction of sp³-hybridized carbons (Fsp3) is 0.357. The second kappa shape index (κ2) is 6.58. The number of hydrogen-bond acceptors (Lipinski definition) is 4. The highest BCUT2D eigenvalue weighted by atomic mass is 35.5. The highest BCUT2D eigenvalue weighted by molar-refractivity contribution is 6.30. The predicted octanol–water partition coefficient (Wildman–Crippen LogP) is 2.72. The Hall–Kier alpha value is -2.08. The Morgan fingerprint density at radius 1 is 1.38 bits per heavy atom. The van der Waals surface area contributed by atoms with Gasteiger partial charge in [0.2, 0.25) is 0 Å². The van der Waals surface area contributed by atoms with E-state index >= 15 is 0 Å². The van der Waals surface area contributed by atoms with E-state index < -0.39 is 0 Å². The summed E-state index contributed by atoms with van der Waals surface area (Å²) in [5, 5.41) is 10.5. The number of amides is 1. The van der Waals surface area contributed by atoms with Crippen LogP contribution in [0.2, 0.25) is 5.15 Å². The topological polar surface area (TPSA) is 71.8 Å². The number of anilines is 2. The Labute approximate surface area is 128 Å². The van der Waals surface area contributed by atoms with Crippen LogP contribution in [0.4, 0.5) is 11.5 Å². The Bertz CT molecular complexity index is 653. The maximum Gasteiger partial charge on any atom is 0.256 e. The number of hydrogen-bond donors (Lipinski definition) is 2. The summed E-state index contributed by atoms with van der Waals surface area (Å²) in [4.78, 5) is 16.4. The van der Waals surface area contributed by atoms with Gasteiger partial charge in [0.05, 0.1) is 11.4 Å². The van der Waals surface area contributed by atoms with Gasteiger partial charge in [-0.2, -0.15) is 5.10 Å². The summed E-state index contributed by atoms with van der Waals surface area (Å²) in [5.41, 5.74) is 2.01. The van der Waals surface area contributed by atoms with E-state index in [1.165, 1.54) is 0 Å². The van der Waals surface area contributed by atoms with Crippen molar-refractivity contribution in [2.24, 2.45) is 7.05 Å². The Kier molecular flexibility index (Phi) is 4.80. The molecule has 0 bridgehead atoms. The number of aromatic nitrogens is 3. The average Bonchev–Trinajstić information content (AvgIpc) is 2.78. The van der Waals surface area contributed by atoms with Crippen LogP contribution in [0.25, 0.3) is 0 Å². The molecule has 0 spiro atoms. The van der Waals surface area contributed by atoms with Crippen LogP contribution in [0.5, 0.6) is 0 Å². The van der Waals surface area contributed by atoms with Crippen LogP contribution in [0.1, 0.15) is 29.9 Å². The van der Waals surface area contributed by atoms with Gasteiger partial charge in [-0.25, -0.2) is 4.98 Å². The van der Waals surface area contributed by atoms with Crippen molar-refractivity contribution in [3.05, 3.63) is 34.7 Å². The standard InChI is InChI=1S/C14H18ClN5O/c1-4-10-11(8-20(3)19-10)17-14(21)9-6-12(15)18-13(7-9)16-5-2/h6-8H,4-5H2,1-3H3,(H,16,18)(H,17,21). The van der Waals surface area contributed by atoms with Gasteiger partial charge >= 0.3 is 0 Å². The molecule has 0 aliphatic heterocycles. The predicted molar refractivity (Wildman–Crippen MR) is 83.9 cm³/mol. The van der Waals surface area contributed by atoms with E-state index in [2.05, 4.69) is 20.7 Å². The highest BCUT2D eigenvalue weighted by Crippen LogP contribution is 2.18. The summed E-state index contributed by atoms with van der Waals surface area (Å²) in [6.07, 6.45) is 2.53. The van der Waals surface area contributed by atoms with Gasteiger partial charge in [-0.3, -0.25) is 9.48 Å². The van der Waals surface area contributed by atoms with Gasteiger partial charge in [-0.1, -0.05) is 18.5 Å². The molecule has 0 radical (unpaired) electrons. The molecule has 2 aromatic rings. The van der Waals surface area contributed by atoms with Gasteiger partial charge in [-0.15, -0.1) is 0 Å². The zero-order valence-corrected chi connectivity index (χ0v) is 13.0. The van der Waals surface area contributed by atoms with E-state index in [4.69, 9.17) is 11.6 Å². The second-order valence-electron chi connectivity index (χ2n) is 4.56. The number of aryl methyl sites for hydroxylation is 2. The van der Waals surface area contributed by atoms with E-state index in [1.54, 1.807) is 23.0 Å². The molecule has 6 nitrogen and oxygen atoms in total. The third-order valence-corrected chi connectivity index (χ3v) is 3.10. The summed E-state index contributed by atoms with van der Waals surface area (Å²) >= 11 is 5.95. The molecule has 0 aliphatic rings. The number of halogens is 1. The zero-order chi connectivity index (χ0) is 15.4. The van der Waals surface area contributed by atoms with Gasteiger partial charge < -0.3 is 10.6 Å². The number of pyridine rings is 1. The number of nitrogens with zero attached hydrogens (tertiary/aromatic N) is 3. The number of carbonyl (C=O) groups excluding carboxylic acids is 1. The first-order valence-electron chi connectivity index (χ1n) is 6.78. The second-order valence-corrected chi connectivity index (χ2v) is 4.95. The summed E-state index contributed by atoms with van der Waals surface area (Å²) < 4.78 is 1.68. The third-order valence-electron chi connectivity index (χ3n) is 2.90. The lowest BCUT2D eigenvalue weighted by Crippen LogP contribution is -2.13. The van der Waals surface area contributed by atoms with Gasteiger partial charge in [-0.05, 0) is 25.5 Å². The number of nitrogens with one attached hydrogen (secondary N) is 2. The van der Waals surface area contributed by atoms with Crippen LogP contribution in [-0.2, 0) is 13.5 Å². The number of rotatable bonds is 5. The molecular formula is C14H18ClN5O. The first-order valence-corrected chi connectivity index (χ1v) is 7.16. The lowest BCUT2D eigenvalue weighted by atomic mass is 10.2. The van der Waals surface area contributed by atoms with Gasteiger partial charge in [0, 0.05) is 25.4 Å². The lowest BCUT2D eigenvalue weighted by molar-refractivity contribution is 0.102. The molecule has 0 unspecified atom stereocenters. The van der Waals surface area contributed by atoms with E-state index in [0.29, 0.717) is 23.6 Å². The van der Waals surface area contributed by atoms with Gasteiger partial charge in [0.25, 0.3) is 5.91 Å². The van der Waals surface area contributed by atoms with E-state index in [9.17, 15) is 4.79 Å². The molecule has 2 rings (SSSR count). The average molecular weight is 308 g/mol. The molecule has 2 heterocycles. The summed E-state index contributed by atoms with van der Waals surface area (Å²) in [6, 6.07) is 3.21. The minimum absolute atomic E-state index is 0.235. The summed E-state index contributed by atoms with van der Waals surface area (Å²) in [5.74, 6) is 0.346. The molecule has 0 aliphatic carbocycles. The summed E-state index contributed by atoms with van der Waals surface area (Å²) in [6.45, 7) is 4.65. The molecule has 21 heavy (non-hydrogen) atoms. The quantitative estimate of drug-likeness (QED) is 0.833. The fourth-order valence-electron chi connectivity index (χ4n) is 1.99. The molecule has 0 fully saturated rings. The molecule has 1 amide bonds. The zero-order valence-electron chi connectivity index (χ0n) is 12.3. The fourth-order valence-corrected chi connectivity index (χ4v) is 2.20. The molecule has 2 N–H and O–H groups in total. The Balaban J connectivity index is 2.23. The van der Waals surface area contributed by atoms with Crippen molar-refractivity contribution in [3.63, 3.8) is 0 Å². The summed E-state index contributed by atoms with van der Waals surface area (Å²) in [7, 11) is 1.82. The van der Waals surface area contributed by atoms with E-state index in [0.717, 1.165) is 12.1 Å². The molecule has 112 valence electrons. The van der Waals surface area contributed by atoms with Crippen molar-refractivity contribution in [2.75, 3.05) is 17.2 Å². The molecular weight excluding hydrogens is 290 g/mol. The van der Waals surface area contributed by atoms with Crippen LogP contribution < -0.4 is 10.6 Å². The highest BCUT2D eigenvalue weighted by Gasteiger charge is 2.13. The Morgan fingerprint density at radius 3 is 2.81 bits per heavy atom. The smallest absolute Gasteiger partial charge is 0.256 e. The maximum atomic E-state index is 12.3. The number of carbonyl (C=O) groups is 1. The van der Waals surface area contributed by atoms with Crippen molar-refractivity contribution in [2.45, 2.75) is 20.3 Å². The molecule has 0 aromatic carbocycles. The van der Waals surface area contributed by atoms with E-state index in [-0.39, 0.29) is 11.1 Å². The third kappa shape index (κ3) is 3.72. The van der Waals surface area contributed by atoms with Crippen molar-refractivity contribution >= 4 is 29.0 Å². The largest absolute Gasteiger partial charge is 0.370 e. The van der Waals surface area contributed by atoms with E-state index in [1.807, 2.05) is 20.9 Å². The van der Waals surface area contributed by atoms with Gasteiger partial charge in [0.15, 0.2) is 0 Å². The molecule has 2 aromatic heterocycles. The molecule has 7 heteroatoms. The van der Waals surface area contributed by atoms with Crippen LogP contribution in [-0.4, -0.2) is 27.2 Å². The van der Waals surface area contributed by atoms with Crippen LogP contribution in [0.3, 0.4) is 0 Å².